The van der Waals surface area contributed by atoms with Gasteiger partial charge in [-0.25, -0.2) is 5.01 Å². The Labute approximate surface area is 69.1 Å². The van der Waals surface area contributed by atoms with E-state index < -0.39 is 0 Å². The van der Waals surface area contributed by atoms with Crippen LogP contribution >= 0.6 is 0 Å². The molecule has 0 bridgehead atoms. The first kappa shape index (κ1) is 8.97. The second kappa shape index (κ2) is 3.09. The van der Waals surface area contributed by atoms with Crippen molar-refractivity contribution < 1.29 is 0 Å². The van der Waals surface area contributed by atoms with E-state index in [0.717, 1.165) is 26.2 Å². The monoisotopic (exact) mass is 157 g/mol. The minimum absolute atomic E-state index is 0.252. The van der Waals surface area contributed by atoms with Gasteiger partial charge >= 0.3 is 0 Å². The van der Waals surface area contributed by atoms with Crippen molar-refractivity contribution >= 4 is 0 Å². The average Bonchev–Trinajstić information content (AvgIpc) is 1.85. The fourth-order valence-corrected chi connectivity index (χ4v) is 1.81. The summed E-state index contributed by atoms with van der Waals surface area (Å²) in [5.41, 5.74) is 0.252. The zero-order valence-corrected chi connectivity index (χ0v) is 7.80. The van der Waals surface area contributed by atoms with Crippen LogP contribution in [0.2, 0.25) is 0 Å². The van der Waals surface area contributed by atoms with E-state index in [1.54, 1.807) is 0 Å². The Morgan fingerprint density at radius 2 is 2.00 bits per heavy atom. The second-order valence-electron chi connectivity index (χ2n) is 3.86. The van der Waals surface area contributed by atoms with Gasteiger partial charge in [-0.1, -0.05) is 6.92 Å². The Balaban J connectivity index is 2.56. The van der Waals surface area contributed by atoms with E-state index >= 15 is 0 Å². The summed E-state index contributed by atoms with van der Waals surface area (Å²) in [5, 5.41) is 1.91. The molecule has 0 aliphatic carbocycles. The molecule has 3 nitrogen and oxygen atoms in total. The number of hydrogen-bond acceptors (Lipinski definition) is 3. The molecule has 1 heterocycles. The van der Waals surface area contributed by atoms with Gasteiger partial charge in [-0.2, -0.15) is 0 Å². The highest BCUT2D eigenvalue weighted by Crippen LogP contribution is 2.17. The second-order valence-corrected chi connectivity index (χ2v) is 3.86. The van der Waals surface area contributed by atoms with Crippen molar-refractivity contribution in [2.45, 2.75) is 26.3 Å². The maximum Gasteiger partial charge on any atom is 0.0308 e. The van der Waals surface area contributed by atoms with E-state index in [9.17, 15) is 0 Å². The molecule has 1 aliphatic rings. The fourth-order valence-electron chi connectivity index (χ4n) is 1.81. The number of hydrogen-bond donors (Lipinski definition) is 1. The standard InChI is InChI=1S/C8H19N3/c1-4-10-5-6-11(9)7-8(10,2)3/h4-7,9H2,1-3H3. The molecule has 0 aromatic heterocycles. The first-order valence-corrected chi connectivity index (χ1v) is 4.31. The first-order valence-electron chi connectivity index (χ1n) is 4.31. The lowest BCUT2D eigenvalue weighted by Gasteiger charge is -2.45. The topological polar surface area (TPSA) is 32.5 Å². The van der Waals surface area contributed by atoms with Crippen molar-refractivity contribution in [3.8, 4) is 0 Å². The molecule has 11 heavy (non-hydrogen) atoms. The molecule has 1 aliphatic heterocycles. The van der Waals surface area contributed by atoms with Gasteiger partial charge in [0.1, 0.15) is 0 Å². The van der Waals surface area contributed by atoms with Gasteiger partial charge in [0.25, 0.3) is 0 Å². The van der Waals surface area contributed by atoms with Crippen molar-refractivity contribution in [1.82, 2.24) is 9.91 Å². The van der Waals surface area contributed by atoms with E-state index in [-0.39, 0.29) is 5.54 Å². The third-order valence-electron chi connectivity index (χ3n) is 2.48. The fraction of sp³-hybridized carbons (Fsp3) is 1.00. The molecular weight excluding hydrogens is 138 g/mol. The minimum atomic E-state index is 0.252. The predicted octanol–water partition coefficient (Wildman–Crippen LogP) is 0.276. The summed E-state index contributed by atoms with van der Waals surface area (Å²) in [7, 11) is 0. The third-order valence-corrected chi connectivity index (χ3v) is 2.48. The number of nitrogens with two attached hydrogens (primary N) is 1. The van der Waals surface area contributed by atoms with Crippen LogP contribution in [0.5, 0.6) is 0 Å². The average molecular weight is 157 g/mol. The zero-order valence-electron chi connectivity index (χ0n) is 7.80. The molecular formula is C8H19N3. The molecule has 0 aromatic rings. The van der Waals surface area contributed by atoms with Gasteiger partial charge in [-0.3, -0.25) is 10.7 Å². The molecule has 3 heteroatoms. The molecule has 66 valence electrons. The molecule has 1 fully saturated rings. The molecule has 1 rings (SSSR count). The van der Waals surface area contributed by atoms with Gasteiger partial charge in [-0.05, 0) is 20.4 Å². The molecule has 0 spiro atoms. The van der Waals surface area contributed by atoms with E-state index in [2.05, 4.69) is 25.7 Å². The molecule has 0 atom stereocenters. The van der Waals surface area contributed by atoms with Crippen LogP contribution in [0.25, 0.3) is 0 Å². The summed E-state index contributed by atoms with van der Waals surface area (Å²) in [6.45, 7) is 10.9. The van der Waals surface area contributed by atoms with Crippen molar-refractivity contribution in [3.05, 3.63) is 0 Å². The normalized spacial score (nSPS) is 27.3. The van der Waals surface area contributed by atoms with Crippen molar-refractivity contribution in [2.75, 3.05) is 26.2 Å². The lowest BCUT2D eigenvalue weighted by molar-refractivity contribution is 0.0237. The highest BCUT2D eigenvalue weighted by Gasteiger charge is 2.30. The molecule has 0 radical (unpaired) electrons. The Morgan fingerprint density at radius 3 is 2.45 bits per heavy atom. The Morgan fingerprint density at radius 1 is 1.36 bits per heavy atom. The number of piperazine rings is 1. The number of hydrazine groups is 1. The van der Waals surface area contributed by atoms with Gasteiger partial charge in [0.15, 0.2) is 0 Å². The predicted molar refractivity (Wildman–Crippen MR) is 47.1 cm³/mol. The smallest absolute Gasteiger partial charge is 0.0308 e. The van der Waals surface area contributed by atoms with Crippen molar-refractivity contribution in [2.24, 2.45) is 5.84 Å². The summed E-state index contributed by atoms with van der Waals surface area (Å²) in [5.74, 6) is 5.73. The van der Waals surface area contributed by atoms with Gasteiger partial charge in [0, 0.05) is 25.2 Å². The van der Waals surface area contributed by atoms with Crippen LogP contribution in [0.4, 0.5) is 0 Å². The maximum absolute atomic E-state index is 5.73. The third kappa shape index (κ3) is 1.92. The Bertz CT molecular complexity index is 133. The SMILES string of the molecule is CCN1CCN(N)CC1(C)C. The first-order chi connectivity index (χ1) is 5.06. The Kier molecular flexibility index (Phi) is 2.52. The van der Waals surface area contributed by atoms with Crippen molar-refractivity contribution in [3.63, 3.8) is 0 Å². The Hall–Kier alpha value is -0.120. The molecule has 0 amide bonds. The van der Waals surface area contributed by atoms with Crippen molar-refractivity contribution in [1.29, 1.82) is 0 Å². The summed E-state index contributed by atoms with van der Waals surface area (Å²) in [6, 6.07) is 0. The number of rotatable bonds is 1. The maximum atomic E-state index is 5.73. The summed E-state index contributed by atoms with van der Waals surface area (Å²) in [6.07, 6.45) is 0. The van der Waals surface area contributed by atoms with Crippen LogP contribution in [-0.4, -0.2) is 41.6 Å². The van der Waals surface area contributed by atoms with Gasteiger partial charge in [-0.15, -0.1) is 0 Å². The lowest BCUT2D eigenvalue weighted by Crippen LogP contribution is -2.60. The van der Waals surface area contributed by atoms with Crippen LogP contribution in [-0.2, 0) is 0 Å². The lowest BCUT2D eigenvalue weighted by atomic mass is 10.0. The van der Waals surface area contributed by atoms with Gasteiger partial charge < -0.3 is 0 Å². The number of likely N-dealkylation sites (N-methyl/N-ethyl adjacent to an activating group) is 1. The van der Waals surface area contributed by atoms with Gasteiger partial charge in [0.05, 0.1) is 0 Å². The van der Waals surface area contributed by atoms with Crippen LogP contribution < -0.4 is 5.84 Å². The highest BCUT2D eigenvalue weighted by molar-refractivity contribution is 4.87. The van der Waals surface area contributed by atoms with Crippen LogP contribution in [0, 0.1) is 0 Å². The van der Waals surface area contributed by atoms with Crippen LogP contribution in [0.15, 0.2) is 0 Å². The van der Waals surface area contributed by atoms with Crippen LogP contribution in [0.3, 0.4) is 0 Å². The molecule has 0 aromatic carbocycles. The minimum Gasteiger partial charge on any atom is -0.296 e. The summed E-state index contributed by atoms with van der Waals surface area (Å²) >= 11 is 0. The molecule has 0 saturated carbocycles. The van der Waals surface area contributed by atoms with E-state index in [0.29, 0.717) is 0 Å². The summed E-state index contributed by atoms with van der Waals surface area (Å²) < 4.78 is 0. The van der Waals surface area contributed by atoms with Gasteiger partial charge in [0.2, 0.25) is 0 Å². The molecule has 0 unspecified atom stereocenters. The highest BCUT2D eigenvalue weighted by atomic mass is 15.5. The van der Waals surface area contributed by atoms with E-state index in [1.165, 1.54) is 0 Å². The zero-order chi connectivity index (χ0) is 8.48. The van der Waals surface area contributed by atoms with E-state index in [4.69, 9.17) is 5.84 Å². The molecule has 2 N–H and O–H groups in total. The summed E-state index contributed by atoms with van der Waals surface area (Å²) in [4.78, 5) is 2.47. The van der Waals surface area contributed by atoms with Crippen LogP contribution in [0.1, 0.15) is 20.8 Å². The number of nitrogens with zero attached hydrogens (tertiary/aromatic N) is 2. The molecule has 1 saturated heterocycles. The largest absolute Gasteiger partial charge is 0.296 e. The van der Waals surface area contributed by atoms with E-state index in [1.807, 2.05) is 5.01 Å². The quantitative estimate of drug-likeness (QED) is 0.555.